The van der Waals surface area contributed by atoms with Gasteiger partial charge in [0.15, 0.2) is 11.5 Å². The third-order valence-corrected chi connectivity index (χ3v) is 3.35. The fourth-order valence-electron chi connectivity index (χ4n) is 2.30. The molecule has 0 aliphatic heterocycles. The lowest BCUT2D eigenvalue weighted by atomic mass is 9.99. The zero-order valence-electron chi connectivity index (χ0n) is 12.3. The molecule has 0 aliphatic carbocycles. The van der Waals surface area contributed by atoms with Crippen LogP contribution >= 0.6 is 0 Å². The van der Waals surface area contributed by atoms with E-state index in [4.69, 9.17) is 15.2 Å². The Bertz CT molecular complexity index is 576. The summed E-state index contributed by atoms with van der Waals surface area (Å²) in [5.74, 6) is 1.52. The second-order valence-corrected chi connectivity index (χ2v) is 4.78. The number of nitrogens with two attached hydrogens (primary N) is 1. The summed E-state index contributed by atoms with van der Waals surface area (Å²) in [6.07, 6.45) is 0.763. The van der Waals surface area contributed by atoms with Gasteiger partial charge in [-0.05, 0) is 48.7 Å². The third kappa shape index (κ3) is 2.94. The van der Waals surface area contributed by atoms with E-state index < -0.39 is 0 Å². The standard InChI is InChI=1S/C17H21NO2/c1-12-4-6-13(7-5-12)15-10-14(8-9-18)17(20-3)16(11-15)19-2/h4-7,10-11H,8-9,18H2,1-3H3. The van der Waals surface area contributed by atoms with Crippen LogP contribution in [0, 0.1) is 6.92 Å². The van der Waals surface area contributed by atoms with Crippen LogP contribution < -0.4 is 15.2 Å². The van der Waals surface area contributed by atoms with Crippen molar-refractivity contribution in [2.75, 3.05) is 20.8 Å². The Labute approximate surface area is 120 Å². The lowest BCUT2D eigenvalue weighted by Crippen LogP contribution is -2.05. The minimum atomic E-state index is 0.580. The molecule has 2 aromatic carbocycles. The van der Waals surface area contributed by atoms with Crippen molar-refractivity contribution >= 4 is 0 Å². The second kappa shape index (κ2) is 6.44. The molecule has 20 heavy (non-hydrogen) atoms. The largest absolute Gasteiger partial charge is 0.493 e. The number of hydrogen-bond donors (Lipinski definition) is 1. The first-order valence-corrected chi connectivity index (χ1v) is 6.71. The third-order valence-electron chi connectivity index (χ3n) is 3.35. The van der Waals surface area contributed by atoms with Gasteiger partial charge in [-0.3, -0.25) is 0 Å². The van der Waals surface area contributed by atoms with Gasteiger partial charge in [0.25, 0.3) is 0 Å². The van der Waals surface area contributed by atoms with E-state index in [9.17, 15) is 0 Å². The molecule has 0 fully saturated rings. The van der Waals surface area contributed by atoms with E-state index in [0.717, 1.165) is 34.6 Å². The van der Waals surface area contributed by atoms with E-state index >= 15 is 0 Å². The highest BCUT2D eigenvalue weighted by Crippen LogP contribution is 2.36. The topological polar surface area (TPSA) is 44.5 Å². The average molecular weight is 271 g/mol. The lowest BCUT2D eigenvalue weighted by Gasteiger charge is -2.15. The number of benzene rings is 2. The Morgan fingerprint density at radius 2 is 1.65 bits per heavy atom. The molecule has 2 aromatic rings. The minimum Gasteiger partial charge on any atom is -0.493 e. The lowest BCUT2D eigenvalue weighted by molar-refractivity contribution is 0.352. The highest BCUT2D eigenvalue weighted by atomic mass is 16.5. The highest BCUT2D eigenvalue weighted by Gasteiger charge is 2.12. The van der Waals surface area contributed by atoms with E-state index in [1.54, 1.807) is 14.2 Å². The van der Waals surface area contributed by atoms with Crippen molar-refractivity contribution in [3.05, 3.63) is 47.5 Å². The van der Waals surface area contributed by atoms with Gasteiger partial charge in [0, 0.05) is 0 Å². The van der Waals surface area contributed by atoms with Crippen molar-refractivity contribution in [3.8, 4) is 22.6 Å². The molecular formula is C17H21NO2. The molecule has 0 radical (unpaired) electrons. The molecule has 0 bridgehead atoms. The van der Waals surface area contributed by atoms with Gasteiger partial charge in [-0.25, -0.2) is 0 Å². The first-order valence-electron chi connectivity index (χ1n) is 6.71. The van der Waals surface area contributed by atoms with E-state index in [-0.39, 0.29) is 0 Å². The zero-order chi connectivity index (χ0) is 14.5. The zero-order valence-corrected chi connectivity index (χ0v) is 12.3. The summed E-state index contributed by atoms with van der Waals surface area (Å²) in [5, 5.41) is 0. The van der Waals surface area contributed by atoms with Crippen molar-refractivity contribution in [2.24, 2.45) is 5.73 Å². The van der Waals surface area contributed by atoms with Crippen LogP contribution in [0.5, 0.6) is 11.5 Å². The van der Waals surface area contributed by atoms with Gasteiger partial charge in [0.1, 0.15) is 0 Å². The van der Waals surface area contributed by atoms with Crippen LogP contribution in [0.1, 0.15) is 11.1 Å². The fraction of sp³-hybridized carbons (Fsp3) is 0.294. The molecule has 3 heteroatoms. The molecule has 0 amide bonds. The average Bonchev–Trinajstić information content (AvgIpc) is 2.47. The van der Waals surface area contributed by atoms with Gasteiger partial charge in [-0.15, -0.1) is 0 Å². The van der Waals surface area contributed by atoms with Gasteiger partial charge in [-0.2, -0.15) is 0 Å². The maximum atomic E-state index is 5.69. The van der Waals surface area contributed by atoms with Crippen LogP contribution in [0.2, 0.25) is 0 Å². The van der Waals surface area contributed by atoms with E-state index in [1.165, 1.54) is 5.56 Å². The van der Waals surface area contributed by atoms with Crippen LogP contribution in [0.3, 0.4) is 0 Å². The summed E-state index contributed by atoms with van der Waals surface area (Å²) < 4.78 is 10.9. The van der Waals surface area contributed by atoms with Gasteiger partial charge in [-0.1, -0.05) is 29.8 Å². The van der Waals surface area contributed by atoms with E-state index in [2.05, 4.69) is 37.3 Å². The minimum absolute atomic E-state index is 0.580. The molecular weight excluding hydrogens is 250 g/mol. The first kappa shape index (κ1) is 14.4. The van der Waals surface area contributed by atoms with Crippen LogP contribution in [0.4, 0.5) is 0 Å². The smallest absolute Gasteiger partial charge is 0.163 e. The molecule has 0 aliphatic rings. The highest BCUT2D eigenvalue weighted by molar-refractivity contribution is 5.69. The summed E-state index contributed by atoms with van der Waals surface area (Å²) in [6, 6.07) is 12.6. The fourth-order valence-corrected chi connectivity index (χ4v) is 2.30. The van der Waals surface area contributed by atoms with Crippen molar-refractivity contribution in [1.82, 2.24) is 0 Å². The molecule has 0 aromatic heterocycles. The maximum Gasteiger partial charge on any atom is 0.163 e. The molecule has 3 nitrogen and oxygen atoms in total. The Balaban J connectivity index is 2.53. The number of ether oxygens (including phenoxy) is 2. The maximum absolute atomic E-state index is 5.69. The molecule has 106 valence electrons. The Hall–Kier alpha value is -2.00. The quantitative estimate of drug-likeness (QED) is 0.908. The van der Waals surface area contributed by atoms with Crippen molar-refractivity contribution in [3.63, 3.8) is 0 Å². The summed E-state index contributed by atoms with van der Waals surface area (Å²) in [4.78, 5) is 0. The summed E-state index contributed by atoms with van der Waals surface area (Å²) >= 11 is 0. The second-order valence-electron chi connectivity index (χ2n) is 4.78. The van der Waals surface area contributed by atoms with Crippen LogP contribution in [0.15, 0.2) is 36.4 Å². The molecule has 0 heterocycles. The van der Waals surface area contributed by atoms with Crippen molar-refractivity contribution in [2.45, 2.75) is 13.3 Å². The predicted molar refractivity (Wildman–Crippen MR) is 82.5 cm³/mol. The molecule has 0 saturated carbocycles. The van der Waals surface area contributed by atoms with Crippen molar-refractivity contribution in [1.29, 1.82) is 0 Å². The Morgan fingerprint density at radius 3 is 2.20 bits per heavy atom. The number of rotatable bonds is 5. The molecule has 0 atom stereocenters. The van der Waals surface area contributed by atoms with Gasteiger partial charge < -0.3 is 15.2 Å². The Kier molecular flexibility index (Phi) is 4.64. The SMILES string of the molecule is COc1cc(-c2ccc(C)cc2)cc(CCN)c1OC. The molecule has 2 rings (SSSR count). The van der Waals surface area contributed by atoms with Gasteiger partial charge >= 0.3 is 0 Å². The number of aryl methyl sites for hydroxylation is 1. The van der Waals surface area contributed by atoms with Crippen LogP contribution in [-0.4, -0.2) is 20.8 Å². The van der Waals surface area contributed by atoms with Gasteiger partial charge in [0.05, 0.1) is 14.2 Å². The molecule has 2 N–H and O–H groups in total. The summed E-state index contributed by atoms with van der Waals surface area (Å²) in [7, 11) is 3.31. The van der Waals surface area contributed by atoms with Crippen molar-refractivity contribution < 1.29 is 9.47 Å². The van der Waals surface area contributed by atoms with E-state index in [1.807, 2.05) is 6.07 Å². The number of hydrogen-bond acceptors (Lipinski definition) is 3. The van der Waals surface area contributed by atoms with Crippen LogP contribution in [0.25, 0.3) is 11.1 Å². The normalized spacial score (nSPS) is 10.4. The first-order chi connectivity index (χ1) is 9.69. The molecule has 0 spiro atoms. The molecule has 0 saturated heterocycles. The predicted octanol–water partition coefficient (Wildman–Crippen LogP) is 3.18. The van der Waals surface area contributed by atoms with Crippen LogP contribution in [-0.2, 0) is 6.42 Å². The molecule has 0 unspecified atom stereocenters. The monoisotopic (exact) mass is 271 g/mol. The summed E-state index contributed by atoms with van der Waals surface area (Å²) in [5.41, 5.74) is 10.3. The van der Waals surface area contributed by atoms with Gasteiger partial charge in [0.2, 0.25) is 0 Å². The number of methoxy groups -OCH3 is 2. The Morgan fingerprint density at radius 1 is 0.950 bits per heavy atom. The summed E-state index contributed by atoms with van der Waals surface area (Å²) in [6.45, 7) is 2.66. The van der Waals surface area contributed by atoms with E-state index in [0.29, 0.717) is 6.54 Å².